The van der Waals surface area contributed by atoms with Crippen molar-refractivity contribution in [1.82, 2.24) is 19.7 Å². The summed E-state index contributed by atoms with van der Waals surface area (Å²) in [4.78, 5) is 11.1. The molecular weight excluding hydrogens is 314 g/mol. The predicted molar refractivity (Wildman–Crippen MR) is 88.9 cm³/mol. The summed E-state index contributed by atoms with van der Waals surface area (Å²) in [5.41, 5.74) is 1.84. The van der Waals surface area contributed by atoms with Crippen molar-refractivity contribution in [2.24, 2.45) is 0 Å². The third-order valence-corrected chi connectivity index (χ3v) is 4.37. The fourth-order valence-corrected chi connectivity index (χ4v) is 3.01. The maximum absolute atomic E-state index is 6.25. The van der Waals surface area contributed by atoms with Crippen molar-refractivity contribution in [3.8, 4) is 0 Å². The van der Waals surface area contributed by atoms with Crippen LogP contribution in [0.15, 0.2) is 36.8 Å². The molecule has 1 aliphatic heterocycles. The minimum atomic E-state index is 0.586. The monoisotopic (exact) mass is 329 g/mol. The van der Waals surface area contributed by atoms with E-state index in [0.29, 0.717) is 6.54 Å². The molecule has 0 aliphatic carbocycles. The van der Waals surface area contributed by atoms with Gasteiger partial charge < -0.3 is 9.64 Å². The maximum Gasteiger partial charge on any atom is 0.163 e. The lowest BCUT2D eigenvalue weighted by Crippen LogP contribution is -2.36. The molecule has 0 bridgehead atoms. The van der Waals surface area contributed by atoms with Crippen molar-refractivity contribution in [2.45, 2.75) is 6.54 Å². The van der Waals surface area contributed by atoms with Crippen LogP contribution in [0.5, 0.6) is 0 Å². The van der Waals surface area contributed by atoms with Crippen molar-refractivity contribution in [1.29, 1.82) is 0 Å². The van der Waals surface area contributed by atoms with Crippen molar-refractivity contribution < 1.29 is 4.74 Å². The first-order valence-corrected chi connectivity index (χ1v) is 7.93. The van der Waals surface area contributed by atoms with Crippen LogP contribution in [-0.4, -0.2) is 46.1 Å². The fourth-order valence-electron chi connectivity index (χ4n) is 2.81. The van der Waals surface area contributed by atoms with E-state index >= 15 is 0 Å². The summed E-state index contributed by atoms with van der Waals surface area (Å²) in [6.45, 7) is 3.70. The highest BCUT2D eigenvalue weighted by molar-refractivity contribution is 6.31. The Morgan fingerprint density at radius 3 is 2.78 bits per heavy atom. The Bertz CT molecular complexity index is 828. The zero-order chi connectivity index (χ0) is 15.6. The average molecular weight is 330 g/mol. The number of benzene rings is 1. The molecule has 6 nitrogen and oxygen atoms in total. The fraction of sp³-hybridized carbons (Fsp3) is 0.312. The minimum absolute atomic E-state index is 0.586. The van der Waals surface area contributed by atoms with E-state index in [2.05, 4.69) is 20.0 Å². The predicted octanol–water partition coefficient (Wildman–Crippen LogP) is 2.36. The number of hydrogen-bond donors (Lipinski definition) is 0. The molecule has 0 amide bonds. The Kier molecular flexibility index (Phi) is 3.85. The molecule has 2 aromatic heterocycles. The van der Waals surface area contributed by atoms with Crippen LogP contribution in [0.4, 0.5) is 5.82 Å². The summed E-state index contributed by atoms with van der Waals surface area (Å²) in [6.07, 6.45) is 3.43. The van der Waals surface area contributed by atoms with Gasteiger partial charge in [-0.05, 0) is 11.6 Å². The van der Waals surface area contributed by atoms with Gasteiger partial charge in [-0.25, -0.2) is 14.6 Å². The number of aromatic nitrogens is 4. The Hall–Kier alpha value is -2.18. The maximum atomic E-state index is 6.25. The van der Waals surface area contributed by atoms with Crippen LogP contribution >= 0.6 is 11.6 Å². The lowest BCUT2D eigenvalue weighted by molar-refractivity contribution is 0.122. The second-order valence-electron chi connectivity index (χ2n) is 5.43. The van der Waals surface area contributed by atoms with E-state index in [1.807, 2.05) is 35.1 Å². The van der Waals surface area contributed by atoms with Gasteiger partial charge in [-0.1, -0.05) is 29.8 Å². The summed E-state index contributed by atoms with van der Waals surface area (Å²) in [5, 5.41) is 6.18. The first kappa shape index (κ1) is 14.4. The molecule has 23 heavy (non-hydrogen) atoms. The van der Waals surface area contributed by atoms with Crippen LogP contribution in [0.1, 0.15) is 5.56 Å². The molecule has 1 aromatic carbocycles. The second kappa shape index (κ2) is 6.14. The number of halogens is 1. The molecular formula is C16H16ClN5O. The lowest BCUT2D eigenvalue weighted by atomic mass is 10.2. The quantitative estimate of drug-likeness (QED) is 0.738. The van der Waals surface area contributed by atoms with Crippen LogP contribution in [0.3, 0.4) is 0 Å². The minimum Gasteiger partial charge on any atom is -0.378 e. The molecule has 0 radical (unpaired) electrons. The van der Waals surface area contributed by atoms with Gasteiger partial charge in [0.15, 0.2) is 5.65 Å². The molecule has 0 atom stereocenters. The van der Waals surface area contributed by atoms with Crippen molar-refractivity contribution in [3.05, 3.63) is 47.4 Å². The Balaban J connectivity index is 1.71. The van der Waals surface area contributed by atoms with E-state index in [9.17, 15) is 0 Å². The summed E-state index contributed by atoms with van der Waals surface area (Å²) < 4.78 is 7.27. The Labute approximate surface area is 138 Å². The highest BCUT2D eigenvalue weighted by Gasteiger charge is 2.18. The third-order valence-electron chi connectivity index (χ3n) is 4.00. The van der Waals surface area contributed by atoms with Gasteiger partial charge in [0.05, 0.1) is 31.3 Å². The molecule has 1 saturated heterocycles. The van der Waals surface area contributed by atoms with Crippen LogP contribution < -0.4 is 4.90 Å². The van der Waals surface area contributed by atoms with Gasteiger partial charge in [-0.2, -0.15) is 5.10 Å². The molecule has 1 aliphatic rings. The van der Waals surface area contributed by atoms with E-state index < -0.39 is 0 Å². The second-order valence-corrected chi connectivity index (χ2v) is 5.83. The molecule has 1 fully saturated rings. The van der Waals surface area contributed by atoms with Gasteiger partial charge in [-0.3, -0.25) is 0 Å². The van der Waals surface area contributed by atoms with Crippen LogP contribution in [0.2, 0.25) is 5.02 Å². The standard InChI is InChI=1S/C16H16ClN5O/c17-14-4-2-1-3-12(14)10-22-16-13(9-20-22)15(18-11-19-16)21-5-7-23-8-6-21/h1-4,9,11H,5-8,10H2. The number of ether oxygens (including phenoxy) is 1. The van der Waals surface area contributed by atoms with E-state index in [1.165, 1.54) is 0 Å². The van der Waals surface area contributed by atoms with Gasteiger partial charge in [0, 0.05) is 18.1 Å². The first-order chi connectivity index (χ1) is 11.3. The highest BCUT2D eigenvalue weighted by atomic mass is 35.5. The third kappa shape index (κ3) is 2.75. The largest absolute Gasteiger partial charge is 0.378 e. The van der Waals surface area contributed by atoms with Crippen LogP contribution in [0, 0.1) is 0 Å². The van der Waals surface area contributed by atoms with Gasteiger partial charge >= 0.3 is 0 Å². The zero-order valence-corrected chi connectivity index (χ0v) is 13.3. The van der Waals surface area contributed by atoms with E-state index in [-0.39, 0.29) is 0 Å². The highest BCUT2D eigenvalue weighted by Crippen LogP contribution is 2.24. The number of nitrogens with zero attached hydrogens (tertiary/aromatic N) is 5. The SMILES string of the molecule is Clc1ccccc1Cn1ncc2c(N3CCOCC3)ncnc21. The van der Waals surface area contributed by atoms with Gasteiger partial charge in [0.2, 0.25) is 0 Å². The van der Waals surface area contributed by atoms with Crippen LogP contribution in [-0.2, 0) is 11.3 Å². The summed E-state index contributed by atoms with van der Waals surface area (Å²) in [7, 11) is 0. The van der Waals surface area contributed by atoms with E-state index in [4.69, 9.17) is 16.3 Å². The molecule has 0 saturated carbocycles. The van der Waals surface area contributed by atoms with Gasteiger partial charge in [0.1, 0.15) is 12.1 Å². The van der Waals surface area contributed by atoms with Crippen LogP contribution in [0.25, 0.3) is 11.0 Å². The average Bonchev–Trinajstić information content (AvgIpc) is 3.01. The lowest BCUT2D eigenvalue weighted by Gasteiger charge is -2.27. The van der Waals surface area contributed by atoms with Crippen molar-refractivity contribution in [3.63, 3.8) is 0 Å². The normalized spacial score (nSPS) is 15.3. The number of hydrogen-bond acceptors (Lipinski definition) is 5. The van der Waals surface area contributed by atoms with Crippen molar-refractivity contribution >= 4 is 28.5 Å². The first-order valence-electron chi connectivity index (χ1n) is 7.55. The van der Waals surface area contributed by atoms with E-state index in [1.54, 1.807) is 6.33 Å². The Morgan fingerprint density at radius 2 is 1.96 bits per heavy atom. The number of morpholine rings is 1. The van der Waals surface area contributed by atoms with Gasteiger partial charge in [0.25, 0.3) is 0 Å². The Morgan fingerprint density at radius 1 is 1.13 bits per heavy atom. The molecule has 3 aromatic rings. The molecule has 0 spiro atoms. The number of rotatable bonds is 3. The molecule has 0 unspecified atom stereocenters. The summed E-state index contributed by atoms with van der Waals surface area (Å²) in [5.74, 6) is 0.920. The molecule has 118 valence electrons. The topological polar surface area (TPSA) is 56.1 Å². The van der Waals surface area contributed by atoms with Gasteiger partial charge in [-0.15, -0.1) is 0 Å². The number of anilines is 1. The molecule has 0 N–H and O–H groups in total. The molecule has 3 heterocycles. The summed E-state index contributed by atoms with van der Waals surface area (Å²) >= 11 is 6.25. The summed E-state index contributed by atoms with van der Waals surface area (Å²) in [6, 6.07) is 7.78. The molecule has 4 rings (SSSR count). The van der Waals surface area contributed by atoms with E-state index in [0.717, 1.165) is 53.7 Å². The molecule has 7 heteroatoms. The zero-order valence-electron chi connectivity index (χ0n) is 12.5. The number of fused-ring (bicyclic) bond motifs is 1. The smallest absolute Gasteiger partial charge is 0.163 e. The van der Waals surface area contributed by atoms with Crippen molar-refractivity contribution in [2.75, 3.05) is 31.2 Å².